The number of hydrogen-bond donors (Lipinski definition) is 0. The molecule has 0 spiro atoms. The molecule has 0 unspecified atom stereocenters. The Labute approximate surface area is 140 Å². The average Bonchev–Trinajstić information content (AvgIpc) is 3.24. The highest BCUT2D eigenvalue weighted by Crippen LogP contribution is 2.25. The quantitative estimate of drug-likeness (QED) is 0.536. The molecule has 4 nitrogen and oxygen atoms in total. The van der Waals surface area contributed by atoms with Crippen LogP contribution >= 0.6 is 0 Å². The molecular formula is C20H18N2O2. The van der Waals surface area contributed by atoms with E-state index in [0.29, 0.717) is 13.2 Å². The van der Waals surface area contributed by atoms with Gasteiger partial charge in [0.1, 0.15) is 12.4 Å². The largest absolute Gasteiger partial charge is 0.492 e. The minimum absolute atomic E-state index is 0.567. The molecule has 4 rings (SSSR count). The zero-order valence-electron chi connectivity index (χ0n) is 13.5. The van der Waals surface area contributed by atoms with Gasteiger partial charge in [0.15, 0.2) is 11.6 Å². The first-order valence-electron chi connectivity index (χ1n) is 8.00. The summed E-state index contributed by atoms with van der Waals surface area (Å²) >= 11 is 0. The molecule has 0 fully saturated rings. The highest BCUT2D eigenvalue weighted by molar-refractivity contribution is 5.79. The van der Waals surface area contributed by atoms with Crippen molar-refractivity contribution in [2.45, 2.75) is 13.5 Å². The van der Waals surface area contributed by atoms with E-state index in [1.54, 1.807) is 6.26 Å². The highest BCUT2D eigenvalue weighted by atomic mass is 16.5. The van der Waals surface area contributed by atoms with Gasteiger partial charge in [-0.3, -0.25) is 0 Å². The SMILES string of the molecule is Cc1ccc(OCCn2c(-c3ccco3)nc3ccccc32)cc1. The van der Waals surface area contributed by atoms with E-state index in [1.807, 2.05) is 42.5 Å². The maximum atomic E-state index is 5.88. The summed E-state index contributed by atoms with van der Waals surface area (Å²) in [6.45, 7) is 3.33. The normalized spacial score (nSPS) is 11.0. The number of furan rings is 1. The zero-order chi connectivity index (χ0) is 16.4. The number of fused-ring (bicyclic) bond motifs is 1. The van der Waals surface area contributed by atoms with E-state index in [0.717, 1.165) is 28.4 Å². The van der Waals surface area contributed by atoms with E-state index in [-0.39, 0.29) is 0 Å². The smallest absolute Gasteiger partial charge is 0.177 e. The lowest BCUT2D eigenvalue weighted by Gasteiger charge is -2.10. The Hall–Kier alpha value is -3.01. The molecule has 4 aromatic rings. The number of rotatable bonds is 5. The molecule has 24 heavy (non-hydrogen) atoms. The molecular weight excluding hydrogens is 300 g/mol. The van der Waals surface area contributed by atoms with Crippen LogP contribution in [0.5, 0.6) is 5.75 Å². The Morgan fingerprint density at radius 3 is 2.62 bits per heavy atom. The fourth-order valence-electron chi connectivity index (χ4n) is 2.79. The van der Waals surface area contributed by atoms with Crippen LogP contribution in [-0.4, -0.2) is 16.2 Å². The van der Waals surface area contributed by atoms with E-state index in [1.165, 1.54) is 5.56 Å². The van der Waals surface area contributed by atoms with Crippen LogP contribution in [0.4, 0.5) is 0 Å². The molecule has 0 amide bonds. The Kier molecular flexibility index (Phi) is 3.79. The van der Waals surface area contributed by atoms with Crippen LogP contribution in [0.15, 0.2) is 71.3 Å². The Bertz CT molecular complexity index is 938. The van der Waals surface area contributed by atoms with E-state index >= 15 is 0 Å². The first-order chi connectivity index (χ1) is 11.8. The van der Waals surface area contributed by atoms with Crippen molar-refractivity contribution in [3.8, 4) is 17.3 Å². The third-order valence-corrected chi connectivity index (χ3v) is 4.00. The Morgan fingerprint density at radius 1 is 1.00 bits per heavy atom. The second-order valence-electron chi connectivity index (χ2n) is 5.71. The van der Waals surface area contributed by atoms with Gasteiger partial charge in [0.05, 0.1) is 23.8 Å². The molecule has 2 aromatic carbocycles. The van der Waals surface area contributed by atoms with Crippen LogP contribution in [-0.2, 0) is 6.54 Å². The van der Waals surface area contributed by atoms with Gasteiger partial charge in [-0.1, -0.05) is 29.8 Å². The van der Waals surface area contributed by atoms with Crippen LogP contribution in [0.25, 0.3) is 22.6 Å². The van der Waals surface area contributed by atoms with Crippen molar-refractivity contribution < 1.29 is 9.15 Å². The molecule has 4 heteroatoms. The maximum absolute atomic E-state index is 5.88. The predicted molar refractivity (Wildman–Crippen MR) is 94.1 cm³/mol. The van der Waals surface area contributed by atoms with Crippen LogP contribution in [0.2, 0.25) is 0 Å². The van der Waals surface area contributed by atoms with Gasteiger partial charge in [-0.25, -0.2) is 4.98 Å². The van der Waals surface area contributed by atoms with Crippen molar-refractivity contribution >= 4 is 11.0 Å². The van der Waals surface area contributed by atoms with Crippen molar-refractivity contribution in [3.63, 3.8) is 0 Å². The summed E-state index contributed by atoms with van der Waals surface area (Å²) in [5.41, 5.74) is 3.26. The number of para-hydroxylation sites is 2. The third kappa shape index (κ3) is 2.78. The number of aromatic nitrogens is 2. The summed E-state index contributed by atoms with van der Waals surface area (Å²) in [4.78, 5) is 4.71. The number of benzene rings is 2. The molecule has 0 aliphatic carbocycles. The van der Waals surface area contributed by atoms with E-state index in [4.69, 9.17) is 14.1 Å². The molecule has 0 aliphatic rings. The zero-order valence-corrected chi connectivity index (χ0v) is 13.5. The number of hydrogen-bond acceptors (Lipinski definition) is 3. The van der Waals surface area contributed by atoms with Gasteiger partial charge in [-0.15, -0.1) is 0 Å². The standard InChI is InChI=1S/C20H18N2O2/c1-15-8-10-16(11-9-15)23-14-12-22-18-6-3-2-5-17(18)21-20(22)19-7-4-13-24-19/h2-11,13H,12,14H2,1H3. The van der Waals surface area contributed by atoms with Crippen molar-refractivity contribution in [2.75, 3.05) is 6.61 Å². The molecule has 0 radical (unpaired) electrons. The molecule has 120 valence electrons. The second-order valence-corrected chi connectivity index (χ2v) is 5.71. The highest BCUT2D eigenvalue weighted by Gasteiger charge is 2.14. The molecule has 0 bridgehead atoms. The third-order valence-electron chi connectivity index (χ3n) is 4.00. The van der Waals surface area contributed by atoms with Gasteiger partial charge in [0.25, 0.3) is 0 Å². The first-order valence-corrected chi connectivity index (χ1v) is 8.00. The summed E-state index contributed by atoms with van der Waals surface area (Å²) in [5, 5.41) is 0. The van der Waals surface area contributed by atoms with Crippen LogP contribution < -0.4 is 4.74 Å². The van der Waals surface area contributed by atoms with Gasteiger partial charge >= 0.3 is 0 Å². The minimum atomic E-state index is 0.567. The monoisotopic (exact) mass is 318 g/mol. The fraction of sp³-hybridized carbons (Fsp3) is 0.150. The number of ether oxygens (including phenoxy) is 1. The Balaban J connectivity index is 1.60. The minimum Gasteiger partial charge on any atom is -0.492 e. The summed E-state index contributed by atoms with van der Waals surface area (Å²) in [6.07, 6.45) is 1.67. The summed E-state index contributed by atoms with van der Waals surface area (Å²) in [5.74, 6) is 2.47. The van der Waals surface area contributed by atoms with Crippen LogP contribution in [0.3, 0.4) is 0 Å². The fourth-order valence-corrected chi connectivity index (χ4v) is 2.79. The predicted octanol–water partition coefficient (Wildman–Crippen LogP) is 4.68. The topological polar surface area (TPSA) is 40.2 Å². The molecule has 0 saturated heterocycles. The van der Waals surface area contributed by atoms with Gasteiger partial charge in [-0.2, -0.15) is 0 Å². The maximum Gasteiger partial charge on any atom is 0.177 e. The van der Waals surface area contributed by atoms with Gasteiger partial charge in [-0.05, 0) is 43.3 Å². The molecule has 0 saturated carbocycles. The lowest BCUT2D eigenvalue weighted by molar-refractivity contribution is 0.300. The summed E-state index contributed by atoms with van der Waals surface area (Å²) in [6, 6.07) is 20.0. The summed E-state index contributed by atoms with van der Waals surface area (Å²) in [7, 11) is 0. The van der Waals surface area contributed by atoms with Crippen molar-refractivity contribution in [3.05, 3.63) is 72.5 Å². The van der Waals surface area contributed by atoms with Gasteiger partial charge < -0.3 is 13.7 Å². The Morgan fingerprint density at radius 2 is 1.83 bits per heavy atom. The van der Waals surface area contributed by atoms with Crippen LogP contribution in [0, 0.1) is 6.92 Å². The van der Waals surface area contributed by atoms with Gasteiger partial charge in [0, 0.05) is 0 Å². The molecule has 2 aromatic heterocycles. The van der Waals surface area contributed by atoms with E-state index < -0.39 is 0 Å². The summed E-state index contributed by atoms with van der Waals surface area (Å²) < 4.78 is 13.6. The van der Waals surface area contributed by atoms with E-state index in [2.05, 4.69) is 29.7 Å². The van der Waals surface area contributed by atoms with Crippen molar-refractivity contribution in [1.29, 1.82) is 0 Å². The van der Waals surface area contributed by atoms with Gasteiger partial charge in [0.2, 0.25) is 0 Å². The molecule has 0 aliphatic heterocycles. The lowest BCUT2D eigenvalue weighted by Crippen LogP contribution is -2.09. The van der Waals surface area contributed by atoms with Crippen molar-refractivity contribution in [2.24, 2.45) is 0 Å². The first kappa shape index (κ1) is 14.6. The lowest BCUT2D eigenvalue weighted by atomic mass is 10.2. The average molecular weight is 318 g/mol. The van der Waals surface area contributed by atoms with Crippen molar-refractivity contribution in [1.82, 2.24) is 9.55 Å². The van der Waals surface area contributed by atoms with E-state index in [9.17, 15) is 0 Å². The number of nitrogens with zero attached hydrogens (tertiary/aromatic N) is 2. The second kappa shape index (κ2) is 6.24. The van der Waals surface area contributed by atoms with Crippen LogP contribution in [0.1, 0.15) is 5.56 Å². The number of imidazole rings is 1. The molecule has 0 atom stereocenters. The molecule has 0 N–H and O–H groups in total. The molecule has 2 heterocycles. The number of aryl methyl sites for hydroxylation is 1.